The minimum atomic E-state index is -0.396. The molecule has 0 atom stereocenters. The molecule has 0 aliphatic heterocycles. The van der Waals surface area contributed by atoms with Gasteiger partial charge in [-0.2, -0.15) is 0 Å². The highest BCUT2D eigenvalue weighted by Crippen LogP contribution is 2.35. The van der Waals surface area contributed by atoms with Crippen molar-refractivity contribution < 1.29 is 14.3 Å². The van der Waals surface area contributed by atoms with Crippen LogP contribution in [0.1, 0.15) is 15.2 Å². The smallest absolute Gasteiger partial charge is 0.340 e. The van der Waals surface area contributed by atoms with Gasteiger partial charge in [-0.05, 0) is 18.2 Å². The van der Waals surface area contributed by atoms with Crippen LogP contribution in [0.15, 0.2) is 35.2 Å². The number of thiophene rings is 1. The number of rotatable bonds is 5. The molecule has 0 fully saturated rings. The van der Waals surface area contributed by atoms with Gasteiger partial charge in [0.05, 0.1) is 19.8 Å². The second-order valence-electron chi connectivity index (χ2n) is 3.92. The Morgan fingerprint density at radius 2 is 2.10 bits per heavy atom. The van der Waals surface area contributed by atoms with E-state index in [9.17, 15) is 4.79 Å². The lowest BCUT2D eigenvalue weighted by Gasteiger charge is -2.06. The molecule has 2 aromatic rings. The summed E-state index contributed by atoms with van der Waals surface area (Å²) >= 11 is 3.05. The summed E-state index contributed by atoms with van der Waals surface area (Å²) in [5.41, 5.74) is 6.26. The van der Waals surface area contributed by atoms with Gasteiger partial charge < -0.3 is 15.2 Å². The third-order valence-electron chi connectivity index (χ3n) is 2.66. The van der Waals surface area contributed by atoms with Crippen molar-refractivity contribution in [2.24, 2.45) is 0 Å². The molecule has 2 rings (SSSR count). The molecule has 1 heterocycles. The first kappa shape index (κ1) is 14.7. The average molecular weight is 309 g/mol. The monoisotopic (exact) mass is 309 g/mol. The van der Waals surface area contributed by atoms with Gasteiger partial charge in [-0.3, -0.25) is 0 Å². The van der Waals surface area contributed by atoms with Crippen LogP contribution >= 0.6 is 23.1 Å². The maximum absolute atomic E-state index is 11.5. The van der Waals surface area contributed by atoms with Crippen molar-refractivity contribution in [2.45, 2.75) is 10.6 Å². The molecule has 106 valence electrons. The molecule has 0 aliphatic rings. The third-order valence-corrected chi connectivity index (χ3v) is 4.91. The van der Waals surface area contributed by atoms with Crippen LogP contribution in [0.4, 0.5) is 5.00 Å². The number of para-hydroxylation sites is 1. The molecule has 0 amide bonds. The summed E-state index contributed by atoms with van der Waals surface area (Å²) in [6, 6.07) is 9.61. The number of anilines is 1. The second-order valence-corrected chi connectivity index (χ2v) is 6.11. The van der Waals surface area contributed by atoms with E-state index in [2.05, 4.69) is 0 Å². The number of esters is 1. The third kappa shape index (κ3) is 3.26. The summed E-state index contributed by atoms with van der Waals surface area (Å²) in [7, 11) is 3.00. The van der Waals surface area contributed by atoms with E-state index in [1.54, 1.807) is 24.9 Å². The van der Waals surface area contributed by atoms with Crippen molar-refractivity contribution in [1.82, 2.24) is 0 Å². The summed E-state index contributed by atoms with van der Waals surface area (Å²) in [4.78, 5) is 13.6. The molecule has 0 saturated heterocycles. The van der Waals surface area contributed by atoms with Gasteiger partial charge in [-0.15, -0.1) is 23.1 Å². The topological polar surface area (TPSA) is 61.5 Å². The van der Waals surface area contributed by atoms with Crippen molar-refractivity contribution in [3.63, 3.8) is 0 Å². The maximum atomic E-state index is 11.5. The Labute approximate surface area is 125 Å². The number of carbonyl (C=O) groups excluding carboxylic acids is 1. The van der Waals surface area contributed by atoms with Crippen LogP contribution < -0.4 is 10.5 Å². The van der Waals surface area contributed by atoms with Crippen LogP contribution in [-0.4, -0.2) is 20.2 Å². The quantitative estimate of drug-likeness (QED) is 0.677. The number of methoxy groups -OCH3 is 2. The summed E-state index contributed by atoms with van der Waals surface area (Å²) in [6.45, 7) is 0. The Hall–Kier alpha value is -1.66. The standard InChI is InChI=1S/C14H15NO3S2/c1-17-11-5-3-4-6-12(11)19-8-9-7-10(13(15)20-9)14(16)18-2/h3-7H,8,15H2,1-2H3. The number of benzene rings is 1. The SMILES string of the molecule is COC(=O)c1cc(CSc2ccccc2OC)sc1N. The molecule has 0 spiro atoms. The number of carbonyl (C=O) groups is 1. The van der Waals surface area contributed by atoms with Crippen LogP contribution in [-0.2, 0) is 10.5 Å². The first-order valence-electron chi connectivity index (χ1n) is 5.88. The van der Waals surface area contributed by atoms with Crippen molar-refractivity contribution in [1.29, 1.82) is 0 Å². The highest BCUT2D eigenvalue weighted by atomic mass is 32.2. The second kappa shape index (κ2) is 6.67. The van der Waals surface area contributed by atoms with Crippen LogP contribution in [0.3, 0.4) is 0 Å². The molecule has 0 saturated carbocycles. The summed E-state index contributed by atoms with van der Waals surface area (Å²) in [6.07, 6.45) is 0. The predicted octanol–water partition coefficient (Wildman–Crippen LogP) is 3.42. The molecule has 0 aliphatic carbocycles. The van der Waals surface area contributed by atoms with E-state index in [4.69, 9.17) is 15.2 Å². The Morgan fingerprint density at radius 3 is 2.80 bits per heavy atom. The van der Waals surface area contributed by atoms with E-state index in [0.717, 1.165) is 21.3 Å². The Bertz CT molecular complexity index is 610. The summed E-state index contributed by atoms with van der Waals surface area (Å²) in [5, 5.41) is 0.493. The Morgan fingerprint density at radius 1 is 1.35 bits per heavy atom. The van der Waals surface area contributed by atoms with Gasteiger partial charge in [-0.25, -0.2) is 4.79 Å². The van der Waals surface area contributed by atoms with Gasteiger partial charge in [0.1, 0.15) is 10.8 Å². The molecule has 6 heteroatoms. The molecule has 0 radical (unpaired) electrons. The fraction of sp³-hybridized carbons (Fsp3) is 0.214. The van der Waals surface area contributed by atoms with E-state index >= 15 is 0 Å². The zero-order chi connectivity index (χ0) is 14.5. The highest BCUT2D eigenvalue weighted by molar-refractivity contribution is 7.98. The summed E-state index contributed by atoms with van der Waals surface area (Å²) in [5.74, 6) is 1.18. The van der Waals surface area contributed by atoms with Crippen LogP contribution in [0.2, 0.25) is 0 Å². The van der Waals surface area contributed by atoms with Crippen LogP contribution in [0.5, 0.6) is 5.75 Å². The number of thioether (sulfide) groups is 1. The molecule has 0 unspecified atom stereocenters. The molecule has 0 bridgehead atoms. The zero-order valence-corrected chi connectivity index (χ0v) is 12.8. The van der Waals surface area contributed by atoms with E-state index < -0.39 is 5.97 Å². The van der Waals surface area contributed by atoms with Crippen LogP contribution in [0.25, 0.3) is 0 Å². The number of nitrogens with two attached hydrogens (primary N) is 1. The fourth-order valence-electron chi connectivity index (χ4n) is 1.69. The lowest BCUT2D eigenvalue weighted by atomic mass is 10.3. The van der Waals surface area contributed by atoms with Crippen molar-refractivity contribution in [3.05, 3.63) is 40.8 Å². The van der Waals surface area contributed by atoms with Gasteiger partial charge in [0.15, 0.2) is 0 Å². The molecule has 1 aromatic carbocycles. The summed E-state index contributed by atoms with van der Waals surface area (Å²) < 4.78 is 9.99. The fourth-order valence-corrected chi connectivity index (χ4v) is 3.66. The van der Waals surface area contributed by atoms with Crippen molar-refractivity contribution in [3.8, 4) is 5.75 Å². The van der Waals surface area contributed by atoms with Crippen molar-refractivity contribution in [2.75, 3.05) is 20.0 Å². The molecule has 1 aromatic heterocycles. The Balaban J connectivity index is 2.10. The van der Waals surface area contributed by atoms with Gasteiger partial charge in [0.2, 0.25) is 0 Å². The number of hydrogen-bond acceptors (Lipinski definition) is 6. The van der Waals surface area contributed by atoms with E-state index in [0.29, 0.717) is 10.6 Å². The van der Waals surface area contributed by atoms with Crippen LogP contribution in [0, 0.1) is 0 Å². The molecular weight excluding hydrogens is 294 g/mol. The number of ether oxygens (including phenoxy) is 2. The molecule has 4 nitrogen and oxygen atoms in total. The minimum Gasteiger partial charge on any atom is -0.496 e. The van der Waals surface area contributed by atoms with Gasteiger partial charge in [-0.1, -0.05) is 12.1 Å². The predicted molar refractivity (Wildman–Crippen MR) is 82.6 cm³/mol. The first-order valence-corrected chi connectivity index (χ1v) is 7.68. The normalized spacial score (nSPS) is 10.3. The molecule has 20 heavy (non-hydrogen) atoms. The van der Waals surface area contributed by atoms with E-state index in [-0.39, 0.29) is 0 Å². The molecular formula is C14H15NO3S2. The zero-order valence-electron chi connectivity index (χ0n) is 11.2. The highest BCUT2D eigenvalue weighted by Gasteiger charge is 2.14. The lowest BCUT2D eigenvalue weighted by molar-refractivity contribution is 0.0602. The minimum absolute atomic E-state index is 0.396. The van der Waals surface area contributed by atoms with Gasteiger partial charge >= 0.3 is 5.97 Å². The van der Waals surface area contributed by atoms with E-state index in [1.807, 2.05) is 24.3 Å². The van der Waals surface area contributed by atoms with Gasteiger partial charge in [0.25, 0.3) is 0 Å². The largest absolute Gasteiger partial charge is 0.496 e. The van der Waals surface area contributed by atoms with E-state index in [1.165, 1.54) is 18.4 Å². The number of hydrogen-bond donors (Lipinski definition) is 1. The Kier molecular flexibility index (Phi) is 4.92. The van der Waals surface area contributed by atoms with Gasteiger partial charge in [0, 0.05) is 15.5 Å². The maximum Gasteiger partial charge on any atom is 0.340 e. The number of nitrogen functional groups attached to an aromatic ring is 1. The molecule has 2 N–H and O–H groups in total. The van der Waals surface area contributed by atoms with Crippen molar-refractivity contribution >= 4 is 34.1 Å². The lowest BCUT2D eigenvalue weighted by Crippen LogP contribution is -2.01. The first-order chi connectivity index (χ1) is 9.65. The average Bonchev–Trinajstić information content (AvgIpc) is 2.85.